The first-order valence-corrected chi connectivity index (χ1v) is 13.1. The van der Waals surface area contributed by atoms with E-state index in [1.807, 2.05) is 12.1 Å². The Kier molecular flexibility index (Phi) is 7.55. The summed E-state index contributed by atoms with van der Waals surface area (Å²) in [6.45, 7) is 3.78. The number of carbonyl (C=O) groups is 2. The van der Waals surface area contributed by atoms with Crippen molar-refractivity contribution in [2.75, 3.05) is 17.7 Å². The minimum Gasteiger partial charge on any atom is -0.373 e. The Bertz CT molecular complexity index is 1610. The second-order valence-electron chi connectivity index (χ2n) is 9.26. The van der Waals surface area contributed by atoms with Gasteiger partial charge in [0.2, 0.25) is 11.9 Å². The summed E-state index contributed by atoms with van der Waals surface area (Å²) in [5, 5.41) is 17.8. The van der Waals surface area contributed by atoms with Gasteiger partial charge in [-0.2, -0.15) is 9.90 Å². The molecule has 1 aliphatic heterocycles. The minimum atomic E-state index is -0.734. The molecule has 14 heteroatoms. The second kappa shape index (κ2) is 11.1. The number of hydrogen-bond donors (Lipinski definition) is 3. The molecule has 5 rings (SSSR count). The zero-order valence-electron chi connectivity index (χ0n) is 22.1. The van der Waals surface area contributed by atoms with Crippen LogP contribution in [0.3, 0.4) is 0 Å². The largest absolute Gasteiger partial charge is 0.373 e. The van der Waals surface area contributed by atoms with Gasteiger partial charge in [0.05, 0.1) is 39.9 Å². The predicted molar refractivity (Wildman–Crippen MR) is 151 cm³/mol. The van der Waals surface area contributed by atoms with E-state index in [2.05, 4.69) is 41.1 Å². The Morgan fingerprint density at radius 2 is 1.85 bits per heavy atom. The van der Waals surface area contributed by atoms with E-state index in [0.717, 1.165) is 5.56 Å². The smallest absolute Gasteiger partial charge is 0.255 e. The highest BCUT2D eigenvalue weighted by Crippen LogP contribution is 2.32. The van der Waals surface area contributed by atoms with Crippen LogP contribution in [0.2, 0.25) is 10.0 Å². The van der Waals surface area contributed by atoms with Crippen molar-refractivity contribution in [3.63, 3.8) is 0 Å². The highest BCUT2D eigenvalue weighted by molar-refractivity contribution is 6.33. The SMILES string of the molecule is CNc1ccc(Cl)c([C@@H](C)NC(=O)[C@@H](C)N2Cc3ccc(-c4nc(Nc5cnn(C)n5)ncc4Cl)cc3C2=O)n1. The molecule has 2 atom stereocenters. The normalized spacial score (nSPS) is 14.1. The van der Waals surface area contributed by atoms with E-state index in [0.29, 0.717) is 50.7 Å². The molecule has 0 unspecified atom stereocenters. The van der Waals surface area contributed by atoms with E-state index in [1.54, 1.807) is 52.3 Å². The lowest BCUT2D eigenvalue weighted by atomic mass is 10.0. The van der Waals surface area contributed by atoms with Gasteiger partial charge in [-0.15, -0.1) is 5.10 Å². The van der Waals surface area contributed by atoms with Crippen LogP contribution in [0.5, 0.6) is 0 Å². The third-order valence-corrected chi connectivity index (χ3v) is 7.14. The van der Waals surface area contributed by atoms with Gasteiger partial charge in [0.1, 0.15) is 11.9 Å². The predicted octanol–water partition coefficient (Wildman–Crippen LogP) is 3.98. The molecule has 0 fully saturated rings. The Labute approximate surface area is 240 Å². The van der Waals surface area contributed by atoms with Crippen molar-refractivity contribution in [2.24, 2.45) is 7.05 Å². The van der Waals surface area contributed by atoms with E-state index < -0.39 is 12.1 Å². The summed E-state index contributed by atoms with van der Waals surface area (Å²) in [5.74, 6) is 0.811. The van der Waals surface area contributed by atoms with Gasteiger partial charge in [-0.25, -0.2) is 15.0 Å². The number of amides is 2. The number of rotatable bonds is 8. The van der Waals surface area contributed by atoms with Crippen LogP contribution in [0.1, 0.15) is 41.5 Å². The molecule has 1 aliphatic rings. The molecule has 0 spiro atoms. The maximum atomic E-state index is 13.4. The van der Waals surface area contributed by atoms with Gasteiger partial charge in [-0.1, -0.05) is 35.3 Å². The Hall–Kier alpha value is -4.29. The Balaban J connectivity index is 1.32. The van der Waals surface area contributed by atoms with Crippen LogP contribution in [0, 0.1) is 0 Å². The molecule has 0 saturated heterocycles. The highest BCUT2D eigenvalue weighted by Gasteiger charge is 2.35. The van der Waals surface area contributed by atoms with Gasteiger partial charge in [-0.3, -0.25) is 9.59 Å². The topological polar surface area (TPSA) is 143 Å². The Morgan fingerprint density at radius 3 is 2.58 bits per heavy atom. The summed E-state index contributed by atoms with van der Waals surface area (Å²) in [6, 6.07) is 7.69. The van der Waals surface area contributed by atoms with Gasteiger partial charge in [0.15, 0.2) is 5.82 Å². The fourth-order valence-electron chi connectivity index (χ4n) is 4.38. The van der Waals surface area contributed by atoms with Gasteiger partial charge in [-0.05, 0) is 37.6 Å². The molecule has 4 aromatic rings. The second-order valence-corrected chi connectivity index (χ2v) is 10.1. The number of nitrogens with zero attached hydrogens (tertiary/aromatic N) is 7. The van der Waals surface area contributed by atoms with Crippen molar-refractivity contribution < 1.29 is 9.59 Å². The number of nitrogens with one attached hydrogen (secondary N) is 3. The van der Waals surface area contributed by atoms with Crippen molar-refractivity contribution in [1.29, 1.82) is 0 Å². The van der Waals surface area contributed by atoms with Gasteiger partial charge < -0.3 is 20.9 Å². The summed E-state index contributed by atoms with van der Waals surface area (Å²) in [5.41, 5.74) is 2.90. The first-order chi connectivity index (χ1) is 19.1. The van der Waals surface area contributed by atoms with Crippen molar-refractivity contribution in [3.05, 3.63) is 69.6 Å². The standard InChI is InChI=1S/C26H26Cl2N10O2/c1-13(22-18(27)7-8-20(29-3)33-22)32-24(39)14(2)38-12-16-6-5-15(9-17(16)25(38)40)23-19(28)10-30-26(35-23)34-21-11-31-37(4)36-21/h5-11,13-14H,12H2,1-4H3,(H,29,33)(H,32,39)(H,30,34,35,36)/t13-,14-/m1/s1. The lowest BCUT2D eigenvalue weighted by Crippen LogP contribution is -2.46. The lowest BCUT2D eigenvalue weighted by molar-refractivity contribution is -0.125. The van der Waals surface area contributed by atoms with E-state index >= 15 is 0 Å². The van der Waals surface area contributed by atoms with Crippen LogP contribution in [0.4, 0.5) is 17.6 Å². The van der Waals surface area contributed by atoms with E-state index in [9.17, 15) is 9.59 Å². The molecular formula is C26H26Cl2N10O2. The molecule has 12 nitrogen and oxygen atoms in total. The maximum Gasteiger partial charge on any atom is 0.255 e. The van der Waals surface area contributed by atoms with Crippen molar-refractivity contribution in [3.8, 4) is 11.3 Å². The van der Waals surface area contributed by atoms with E-state index in [4.69, 9.17) is 23.2 Å². The number of halogens is 2. The quantitative estimate of drug-likeness (QED) is 0.282. The molecule has 0 bridgehead atoms. The van der Waals surface area contributed by atoms with Crippen LogP contribution >= 0.6 is 23.2 Å². The fourth-order valence-corrected chi connectivity index (χ4v) is 4.84. The monoisotopic (exact) mass is 580 g/mol. The molecule has 0 radical (unpaired) electrons. The number of fused-ring (bicyclic) bond motifs is 1. The number of pyridine rings is 1. The number of anilines is 3. The lowest BCUT2D eigenvalue weighted by Gasteiger charge is -2.25. The molecule has 3 aromatic heterocycles. The summed E-state index contributed by atoms with van der Waals surface area (Å²) < 4.78 is 0. The summed E-state index contributed by atoms with van der Waals surface area (Å²) in [6.07, 6.45) is 3.02. The van der Waals surface area contributed by atoms with Crippen molar-refractivity contribution >= 4 is 52.6 Å². The molecule has 0 saturated carbocycles. The first kappa shape index (κ1) is 27.3. The van der Waals surface area contributed by atoms with E-state index in [1.165, 1.54) is 15.9 Å². The third-order valence-electron chi connectivity index (χ3n) is 6.54. The van der Waals surface area contributed by atoms with E-state index in [-0.39, 0.29) is 17.8 Å². The number of benzene rings is 1. The number of carbonyl (C=O) groups excluding carboxylic acids is 2. The van der Waals surface area contributed by atoms with Crippen LogP contribution in [0.25, 0.3) is 11.3 Å². The molecule has 206 valence electrons. The van der Waals surface area contributed by atoms with Crippen molar-refractivity contribution in [2.45, 2.75) is 32.5 Å². The van der Waals surface area contributed by atoms with Crippen LogP contribution < -0.4 is 16.0 Å². The molecule has 1 aromatic carbocycles. The molecule has 40 heavy (non-hydrogen) atoms. The van der Waals surface area contributed by atoms with Gasteiger partial charge in [0.25, 0.3) is 5.91 Å². The molecular weight excluding hydrogens is 555 g/mol. The van der Waals surface area contributed by atoms with Crippen LogP contribution in [-0.2, 0) is 18.4 Å². The summed E-state index contributed by atoms with van der Waals surface area (Å²) >= 11 is 12.7. The van der Waals surface area contributed by atoms with Gasteiger partial charge in [0, 0.05) is 31.8 Å². The maximum absolute atomic E-state index is 13.4. The van der Waals surface area contributed by atoms with Gasteiger partial charge >= 0.3 is 0 Å². The molecule has 0 aliphatic carbocycles. The number of hydrogen-bond acceptors (Lipinski definition) is 9. The number of aromatic nitrogens is 6. The molecule has 4 heterocycles. The summed E-state index contributed by atoms with van der Waals surface area (Å²) in [4.78, 5) is 42.7. The fraction of sp³-hybridized carbons (Fsp3) is 0.269. The van der Waals surface area contributed by atoms with Crippen LogP contribution in [-0.4, -0.2) is 59.7 Å². The zero-order chi connectivity index (χ0) is 28.6. The Morgan fingerprint density at radius 1 is 1.05 bits per heavy atom. The molecule has 3 N–H and O–H groups in total. The minimum absolute atomic E-state index is 0.261. The average molecular weight is 581 g/mol. The number of aryl methyl sites for hydroxylation is 1. The van der Waals surface area contributed by atoms with Crippen molar-refractivity contribution in [1.82, 2.24) is 40.2 Å². The highest BCUT2D eigenvalue weighted by atomic mass is 35.5. The van der Waals surface area contributed by atoms with Crippen LogP contribution in [0.15, 0.2) is 42.7 Å². The molecule has 2 amide bonds. The average Bonchev–Trinajstić information content (AvgIpc) is 3.51. The zero-order valence-corrected chi connectivity index (χ0v) is 23.6. The first-order valence-electron chi connectivity index (χ1n) is 12.4. The summed E-state index contributed by atoms with van der Waals surface area (Å²) in [7, 11) is 3.45. The third kappa shape index (κ3) is 5.40.